The third kappa shape index (κ3) is 6.05. The van der Waals surface area contributed by atoms with E-state index in [1.807, 2.05) is 11.0 Å². The summed E-state index contributed by atoms with van der Waals surface area (Å²) in [5.74, 6) is 0.235. The van der Waals surface area contributed by atoms with Crippen molar-refractivity contribution < 1.29 is 13.6 Å². The highest BCUT2D eigenvalue weighted by Gasteiger charge is 2.32. The molecule has 3 N–H and O–H groups in total. The van der Waals surface area contributed by atoms with Crippen LogP contribution in [0.3, 0.4) is 0 Å². The number of anilines is 1. The number of aromatic nitrogens is 2. The van der Waals surface area contributed by atoms with Gasteiger partial charge in [0, 0.05) is 87.0 Å². The van der Waals surface area contributed by atoms with Gasteiger partial charge >= 0.3 is 6.03 Å². The molecule has 218 valence electrons. The van der Waals surface area contributed by atoms with Gasteiger partial charge in [-0.2, -0.15) is 10.4 Å². The molecule has 1 aromatic carbocycles. The summed E-state index contributed by atoms with van der Waals surface area (Å²) < 4.78 is 30.3. The second-order valence-corrected chi connectivity index (χ2v) is 10.9. The fraction of sp³-hybridized carbons (Fsp3) is 0.517. The lowest BCUT2D eigenvalue weighted by Crippen LogP contribution is -2.49. The van der Waals surface area contributed by atoms with E-state index in [1.165, 1.54) is 6.07 Å². The third-order valence-electron chi connectivity index (χ3n) is 8.28. The van der Waals surface area contributed by atoms with E-state index in [0.717, 1.165) is 50.0 Å². The number of alkyl halides is 2. The van der Waals surface area contributed by atoms with E-state index in [9.17, 15) is 19.0 Å². The number of fused-ring (bicyclic) bond motifs is 1. The number of aryl methyl sites for hydroxylation is 2. The number of piperidine rings is 1. The summed E-state index contributed by atoms with van der Waals surface area (Å²) in [6, 6.07) is 5.57. The molecule has 10 nitrogen and oxygen atoms in total. The number of benzene rings is 1. The molecule has 41 heavy (non-hydrogen) atoms. The van der Waals surface area contributed by atoms with Crippen molar-refractivity contribution in [3.8, 4) is 17.2 Å². The van der Waals surface area contributed by atoms with Crippen molar-refractivity contribution in [3.63, 3.8) is 0 Å². The molecule has 12 heteroatoms. The van der Waals surface area contributed by atoms with Crippen LogP contribution in [0.2, 0.25) is 0 Å². The van der Waals surface area contributed by atoms with Crippen LogP contribution in [0, 0.1) is 16.7 Å². The molecular formula is C29H37F2N9O. The predicted octanol–water partition coefficient (Wildman–Crippen LogP) is 3.63. The summed E-state index contributed by atoms with van der Waals surface area (Å²) in [5.41, 5.74) is 4.21. The first-order chi connectivity index (χ1) is 19.8. The Bertz CT molecular complexity index is 1370. The predicted molar refractivity (Wildman–Crippen MR) is 153 cm³/mol. The van der Waals surface area contributed by atoms with Crippen LogP contribution in [0.15, 0.2) is 35.8 Å². The van der Waals surface area contributed by atoms with E-state index in [0.29, 0.717) is 48.4 Å². The van der Waals surface area contributed by atoms with E-state index < -0.39 is 6.43 Å². The quantitative estimate of drug-likeness (QED) is 0.280. The van der Waals surface area contributed by atoms with E-state index >= 15 is 0 Å². The molecule has 2 amide bonds. The van der Waals surface area contributed by atoms with Crippen molar-refractivity contribution in [1.82, 2.24) is 30.2 Å². The van der Waals surface area contributed by atoms with Gasteiger partial charge in [0.2, 0.25) is 0 Å². The standard InChI is InChI=1S/C29H37F2N9O/c1-34-29(41)39-12-7-25(36-21-5-10-38(11-6-21)13-8-32)24(18-39)28(33)40-9-3-4-19-14-22(20-16-35-37(2)17-20)23(27(30)31)15-26(19)40/h14-17,21,27,33,36H,3-7,9-13,18H2,1-2H3,(H,34,41). The van der Waals surface area contributed by atoms with Crippen LogP contribution in [0.4, 0.5) is 19.3 Å². The Balaban J connectivity index is 1.47. The van der Waals surface area contributed by atoms with E-state index in [1.54, 1.807) is 36.1 Å². The topological polar surface area (TPSA) is 116 Å². The lowest BCUT2D eigenvalue weighted by Gasteiger charge is -2.39. The van der Waals surface area contributed by atoms with E-state index in [4.69, 9.17) is 5.26 Å². The molecule has 0 radical (unpaired) electrons. The van der Waals surface area contributed by atoms with Crippen LogP contribution in [0.1, 0.15) is 43.2 Å². The van der Waals surface area contributed by atoms with Crippen molar-refractivity contribution in [3.05, 3.63) is 46.9 Å². The number of hydrogen-bond donors (Lipinski definition) is 3. The minimum Gasteiger partial charge on any atom is -0.385 e. The molecule has 4 heterocycles. The second kappa shape index (κ2) is 12.3. The van der Waals surface area contributed by atoms with Gasteiger partial charge in [-0.25, -0.2) is 13.6 Å². The summed E-state index contributed by atoms with van der Waals surface area (Å²) in [6.07, 6.45) is 4.49. The Kier molecular flexibility index (Phi) is 8.54. The van der Waals surface area contributed by atoms with Crippen LogP contribution >= 0.6 is 0 Å². The maximum Gasteiger partial charge on any atom is 0.317 e. The van der Waals surface area contributed by atoms with Crippen LogP contribution in [0.25, 0.3) is 11.1 Å². The van der Waals surface area contributed by atoms with Crippen LogP contribution in [0.5, 0.6) is 0 Å². The Morgan fingerprint density at radius 3 is 2.66 bits per heavy atom. The molecule has 0 atom stereocenters. The highest BCUT2D eigenvalue weighted by atomic mass is 19.3. The van der Waals surface area contributed by atoms with Crippen LogP contribution in [-0.4, -0.2) is 83.8 Å². The fourth-order valence-electron chi connectivity index (χ4n) is 6.09. The average molecular weight is 566 g/mol. The first-order valence-electron chi connectivity index (χ1n) is 14.1. The molecule has 0 unspecified atom stereocenters. The molecule has 3 aliphatic rings. The zero-order valence-electron chi connectivity index (χ0n) is 23.6. The van der Waals surface area contributed by atoms with Crippen molar-refractivity contribution in [2.45, 2.75) is 44.6 Å². The molecule has 0 saturated carbocycles. The number of carbonyl (C=O) groups excluding carboxylic acids is 1. The zero-order chi connectivity index (χ0) is 29.1. The van der Waals surface area contributed by atoms with Gasteiger partial charge in [-0.05, 0) is 48.9 Å². The highest BCUT2D eigenvalue weighted by molar-refractivity contribution is 6.09. The minimum atomic E-state index is -2.68. The molecule has 3 aliphatic heterocycles. The third-order valence-corrected chi connectivity index (χ3v) is 8.28. The monoisotopic (exact) mass is 565 g/mol. The van der Waals surface area contributed by atoms with Gasteiger partial charge in [0.25, 0.3) is 6.43 Å². The molecule has 0 aliphatic carbocycles. The first-order valence-corrected chi connectivity index (χ1v) is 14.1. The minimum absolute atomic E-state index is 0.0801. The summed E-state index contributed by atoms with van der Waals surface area (Å²) in [6.45, 7) is 3.38. The maximum absolute atomic E-state index is 14.4. The molecule has 1 fully saturated rings. The molecule has 0 bridgehead atoms. The van der Waals surface area contributed by atoms with E-state index in [2.05, 4.69) is 26.7 Å². The smallest absolute Gasteiger partial charge is 0.317 e. The number of amides is 2. The summed E-state index contributed by atoms with van der Waals surface area (Å²) >= 11 is 0. The Morgan fingerprint density at radius 1 is 1.22 bits per heavy atom. The maximum atomic E-state index is 14.4. The van der Waals surface area contributed by atoms with Crippen molar-refractivity contribution in [2.24, 2.45) is 7.05 Å². The van der Waals surface area contributed by atoms with Gasteiger partial charge in [-0.3, -0.25) is 15.0 Å². The molecule has 5 rings (SSSR count). The van der Waals surface area contributed by atoms with E-state index in [-0.39, 0.29) is 30.0 Å². The van der Waals surface area contributed by atoms with Crippen LogP contribution < -0.4 is 15.5 Å². The number of nitriles is 1. The van der Waals surface area contributed by atoms with Gasteiger partial charge in [0.1, 0.15) is 5.84 Å². The highest BCUT2D eigenvalue weighted by Crippen LogP contribution is 2.39. The Labute approximate surface area is 239 Å². The number of amidine groups is 1. The average Bonchev–Trinajstić information content (AvgIpc) is 3.42. The molecule has 2 aromatic rings. The fourth-order valence-corrected chi connectivity index (χ4v) is 6.09. The number of rotatable bonds is 6. The van der Waals surface area contributed by atoms with Gasteiger partial charge in [-0.1, -0.05) is 0 Å². The van der Waals surface area contributed by atoms with Gasteiger partial charge < -0.3 is 20.4 Å². The number of urea groups is 1. The Hall–Kier alpha value is -3.98. The lowest BCUT2D eigenvalue weighted by molar-refractivity contribution is 0.152. The lowest BCUT2D eigenvalue weighted by atomic mass is 9.92. The van der Waals surface area contributed by atoms with Gasteiger partial charge in [0.15, 0.2) is 0 Å². The second-order valence-electron chi connectivity index (χ2n) is 10.9. The number of nitrogens with one attached hydrogen (secondary N) is 3. The number of nitrogens with zero attached hydrogens (tertiary/aromatic N) is 6. The first kappa shape index (κ1) is 28.5. The molecular weight excluding hydrogens is 528 g/mol. The zero-order valence-corrected chi connectivity index (χ0v) is 23.6. The number of likely N-dealkylation sites (tertiary alicyclic amines) is 1. The van der Waals surface area contributed by atoms with Crippen molar-refractivity contribution >= 4 is 17.6 Å². The number of hydrogen-bond acceptors (Lipinski definition) is 6. The van der Waals surface area contributed by atoms with Crippen molar-refractivity contribution in [2.75, 3.05) is 51.2 Å². The summed E-state index contributed by atoms with van der Waals surface area (Å²) in [4.78, 5) is 18.2. The van der Waals surface area contributed by atoms with Crippen molar-refractivity contribution in [1.29, 1.82) is 10.7 Å². The molecule has 1 aromatic heterocycles. The normalized spacial score (nSPS) is 18.3. The summed E-state index contributed by atoms with van der Waals surface area (Å²) in [7, 11) is 3.35. The number of carbonyl (C=O) groups is 1. The number of halogens is 2. The van der Waals surface area contributed by atoms with Crippen LogP contribution in [-0.2, 0) is 13.5 Å². The molecule has 0 spiro atoms. The van der Waals surface area contributed by atoms with Gasteiger partial charge in [-0.15, -0.1) is 0 Å². The largest absolute Gasteiger partial charge is 0.385 e. The van der Waals surface area contributed by atoms with Gasteiger partial charge in [0.05, 0.1) is 25.4 Å². The molecule has 1 saturated heterocycles. The summed E-state index contributed by atoms with van der Waals surface area (Å²) in [5, 5.41) is 28.9. The SMILES string of the molecule is CNC(=O)N1CCC(NC2CCN(CC#N)CC2)=C(C(=N)N2CCCc3cc(-c4cnn(C)c4)c(C(F)F)cc32)C1. The Morgan fingerprint density at radius 2 is 2.00 bits per heavy atom.